The van der Waals surface area contributed by atoms with E-state index >= 15 is 0 Å². The van der Waals surface area contributed by atoms with Gasteiger partial charge in [0.2, 0.25) is 0 Å². The number of carbonyl (C=O) groups is 1. The van der Waals surface area contributed by atoms with Crippen molar-refractivity contribution in [2.24, 2.45) is 0 Å². The summed E-state index contributed by atoms with van der Waals surface area (Å²) in [4.78, 5) is 31.3. The number of pyridine rings is 2. The van der Waals surface area contributed by atoms with Crippen molar-refractivity contribution in [3.63, 3.8) is 0 Å². The van der Waals surface area contributed by atoms with Gasteiger partial charge in [-0.1, -0.05) is 6.07 Å². The van der Waals surface area contributed by atoms with E-state index in [-0.39, 0.29) is 18.0 Å². The van der Waals surface area contributed by atoms with Crippen LogP contribution in [0.15, 0.2) is 35.3 Å². The quantitative estimate of drug-likeness (QED) is 0.775. The summed E-state index contributed by atoms with van der Waals surface area (Å²) in [6.07, 6.45) is 1.70. The van der Waals surface area contributed by atoms with Crippen molar-refractivity contribution in [3.8, 4) is 0 Å². The second kappa shape index (κ2) is 5.72. The molecule has 1 amide bonds. The Morgan fingerprint density at radius 3 is 2.78 bits per heavy atom. The van der Waals surface area contributed by atoms with Gasteiger partial charge in [0.15, 0.2) is 0 Å². The van der Waals surface area contributed by atoms with Gasteiger partial charge in [0.1, 0.15) is 11.3 Å². The Hall–Kier alpha value is -2.89. The van der Waals surface area contributed by atoms with E-state index in [2.05, 4.69) is 15.3 Å². The average Bonchev–Trinajstić information content (AvgIpc) is 2.91. The average molecular weight is 310 g/mol. The lowest BCUT2D eigenvalue weighted by molar-refractivity contribution is 0.0946. The molecule has 0 aliphatic heterocycles. The van der Waals surface area contributed by atoms with E-state index in [0.717, 1.165) is 22.6 Å². The van der Waals surface area contributed by atoms with Crippen molar-refractivity contribution in [2.45, 2.75) is 27.3 Å². The zero-order valence-corrected chi connectivity index (χ0v) is 13.3. The molecule has 6 nitrogen and oxygen atoms in total. The third-order valence-electron chi connectivity index (χ3n) is 3.85. The number of H-pyrrole nitrogens is 1. The van der Waals surface area contributed by atoms with Crippen LogP contribution in [0, 0.1) is 20.8 Å². The van der Waals surface area contributed by atoms with Gasteiger partial charge in [-0.3, -0.25) is 9.59 Å². The number of hydrogen-bond acceptors (Lipinski definition) is 3. The first-order chi connectivity index (χ1) is 11.0. The highest BCUT2D eigenvalue weighted by Gasteiger charge is 2.13. The summed E-state index contributed by atoms with van der Waals surface area (Å²) in [6.45, 7) is 5.81. The number of fused-ring (bicyclic) bond motifs is 1. The van der Waals surface area contributed by atoms with E-state index in [1.165, 1.54) is 0 Å². The molecular formula is C17H18N4O2. The fourth-order valence-electron chi connectivity index (χ4n) is 2.62. The molecule has 0 unspecified atom stereocenters. The topological polar surface area (TPSA) is 79.3 Å². The lowest BCUT2D eigenvalue weighted by Crippen LogP contribution is -2.28. The number of nitrogens with zero attached hydrogens (tertiary/aromatic N) is 2. The number of nitrogens with one attached hydrogen (secondary N) is 2. The molecule has 0 spiro atoms. The smallest absolute Gasteiger partial charge is 0.271 e. The normalized spacial score (nSPS) is 10.9. The Morgan fingerprint density at radius 2 is 2.09 bits per heavy atom. The maximum absolute atomic E-state index is 12.3. The molecule has 3 rings (SSSR count). The fraction of sp³-hybridized carbons (Fsp3) is 0.235. The van der Waals surface area contributed by atoms with Crippen molar-refractivity contribution in [2.75, 3.05) is 0 Å². The van der Waals surface area contributed by atoms with E-state index in [9.17, 15) is 9.59 Å². The molecule has 0 saturated heterocycles. The summed E-state index contributed by atoms with van der Waals surface area (Å²) in [5.41, 5.74) is 4.10. The van der Waals surface area contributed by atoms with E-state index in [0.29, 0.717) is 11.3 Å². The van der Waals surface area contributed by atoms with Gasteiger partial charge in [0.25, 0.3) is 11.5 Å². The molecule has 3 aromatic heterocycles. The largest absolute Gasteiger partial charge is 0.346 e. The van der Waals surface area contributed by atoms with Crippen LogP contribution in [0.1, 0.15) is 33.0 Å². The zero-order chi connectivity index (χ0) is 16.6. The Kier molecular flexibility index (Phi) is 3.73. The van der Waals surface area contributed by atoms with Crippen molar-refractivity contribution in [1.82, 2.24) is 19.7 Å². The Morgan fingerprint density at radius 1 is 1.30 bits per heavy atom. The first-order valence-corrected chi connectivity index (χ1v) is 7.38. The molecule has 3 heterocycles. The fourth-order valence-corrected chi connectivity index (χ4v) is 2.62. The van der Waals surface area contributed by atoms with Crippen LogP contribution in [-0.4, -0.2) is 20.3 Å². The summed E-state index contributed by atoms with van der Waals surface area (Å²) in [5.74, 6) is -0.299. The Labute approximate surface area is 133 Å². The molecule has 0 bridgehead atoms. The highest BCUT2D eigenvalue weighted by molar-refractivity contribution is 5.92. The molecule has 118 valence electrons. The van der Waals surface area contributed by atoms with Gasteiger partial charge < -0.3 is 14.7 Å². The second-order valence-electron chi connectivity index (χ2n) is 5.65. The standard InChI is InChI=1S/C17H18N4O2/c1-10-7-11(2)19-16(22)13(10)8-18-17(23)14-9-21-12(3)5-4-6-15(21)20-14/h4-7,9H,8H2,1-3H3,(H,18,23)(H,19,22). The Balaban J connectivity index is 1.82. The number of aryl methyl sites for hydroxylation is 3. The van der Waals surface area contributed by atoms with Crippen LogP contribution in [0.25, 0.3) is 5.65 Å². The number of carbonyl (C=O) groups excluding carboxylic acids is 1. The third kappa shape index (κ3) is 2.88. The summed E-state index contributed by atoms with van der Waals surface area (Å²) < 4.78 is 1.86. The van der Waals surface area contributed by atoms with Crippen LogP contribution in [0.3, 0.4) is 0 Å². The second-order valence-corrected chi connectivity index (χ2v) is 5.65. The number of hydrogen-bond donors (Lipinski definition) is 2. The van der Waals surface area contributed by atoms with Gasteiger partial charge in [-0.25, -0.2) is 4.98 Å². The number of rotatable bonds is 3. The molecule has 0 atom stereocenters. The molecule has 0 radical (unpaired) electrons. The molecular weight excluding hydrogens is 292 g/mol. The highest BCUT2D eigenvalue weighted by Crippen LogP contribution is 2.09. The predicted molar refractivity (Wildman–Crippen MR) is 87.6 cm³/mol. The van der Waals surface area contributed by atoms with Crippen LogP contribution in [0.4, 0.5) is 0 Å². The van der Waals surface area contributed by atoms with Crippen LogP contribution in [0.2, 0.25) is 0 Å². The molecule has 0 saturated carbocycles. The molecule has 0 aromatic carbocycles. The van der Waals surface area contributed by atoms with Crippen LogP contribution in [-0.2, 0) is 6.54 Å². The first kappa shape index (κ1) is 15.0. The van der Waals surface area contributed by atoms with Crippen LogP contribution in [0.5, 0.6) is 0 Å². The van der Waals surface area contributed by atoms with Crippen LogP contribution < -0.4 is 10.9 Å². The highest BCUT2D eigenvalue weighted by atomic mass is 16.2. The van der Waals surface area contributed by atoms with Gasteiger partial charge in [-0.05, 0) is 44.5 Å². The minimum absolute atomic E-state index is 0.173. The third-order valence-corrected chi connectivity index (χ3v) is 3.85. The Bertz CT molecular complexity index is 953. The minimum Gasteiger partial charge on any atom is -0.346 e. The number of aromatic nitrogens is 3. The predicted octanol–water partition coefficient (Wildman–Crippen LogP) is 1.88. The van der Waals surface area contributed by atoms with Gasteiger partial charge >= 0.3 is 0 Å². The van der Waals surface area contributed by atoms with E-state index in [1.807, 2.05) is 49.4 Å². The summed E-state index contributed by atoms with van der Waals surface area (Å²) in [5, 5.41) is 2.76. The molecule has 3 aromatic rings. The summed E-state index contributed by atoms with van der Waals surface area (Å²) >= 11 is 0. The maximum atomic E-state index is 12.3. The number of aromatic amines is 1. The van der Waals surface area contributed by atoms with Gasteiger partial charge in [0, 0.05) is 29.7 Å². The summed E-state index contributed by atoms with van der Waals surface area (Å²) in [6, 6.07) is 7.58. The molecule has 0 aliphatic rings. The lowest BCUT2D eigenvalue weighted by atomic mass is 10.1. The van der Waals surface area contributed by atoms with Crippen molar-refractivity contribution in [1.29, 1.82) is 0 Å². The molecule has 0 fully saturated rings. The maximum Gasteiger partial charge on any atom is 0.271 e. The molecule has 0 aliphatic carbocycles. The summed E-state index contributed by atoms with van der Waals surface area (Å²) in [7, 11) is 0. The lowest BCUT2D eigenvalue weighted by Gasteiger charge is -2.07. The van der Waals surface area contributed by atoms with Crippen LogP contribution >= 0.6 is 0 Å². The minimum atomic E-state index is -0.299. The van der Waals surface area contributed by atoms with E-state index in [1.54, 1.807) is 6.20 Å². The molecule has 23 heavy (non-hydrogen) atoms. The zero-order valence-electron chi connectivity index (χ0n) is 13.3. The van der Waals surface area contributed by atoms with E-state index in [4.69, 9.17) is 0 Å². The number of imidazole rings is 1. The van der Waals surface area contributed by atoms with Gasteiger partial charge in [-0.2, -0.15) is 0 Å². The molecule has 6 heteroatoms. The van der Waals surface area contributed by atoms with Crippen molar-refractivity contribution < 1.29 is 4.79 Å². The monoisotopic (exact) mass is 310 g/mol. The van der Waals surface area contributed by atoms with Crippen molar-refractivity contribution in [3.05, 3.63) is 69.0 Å². The van der Waals surface area contributed by atoms with Crippen molar-refractivity contribution >= 4 is 11.6 Å². The SMILES string of the molecule is Cc1cc(C)c(CNC(=O)c2cn3c(C)cccc3n2)c(=O)[nH]1. The van der Waals surface area contributed by atoms with E-state index < -0.39 is 0 Å². The van der Waals surface area contributed by atoms with Gasteiger partial charge in [0.05, 0.1) is 0 Å². The first-order valence-electron chi connectivity index (χ1n) is 7.38. The number of amides is 1. The van der Waals surface area contributed by atoms with Gasteiger partial charge in [-0.15, -0.1) is 0 Å². The molecule has 2 N–H and O–H groups in total.